The summed E-state index contributed by atoms with van der Waals surface area (Å²) in [6.45, 7) is 2.62. The highest BCUT2D eigenvalue weighted by atomic mass is 35.5. The molecule has 0 aliphatic carbocycles. The van der Waals surface area contributed by atoms with Crippen molar-refractivity contribution in [1.82, 2.24) is 10.6 Å². The number of nitrogens with one attached hydrogen (secondary N) is 2. The Hall–Kier alpha value is -1.75. The summed E-state index contributed by atoms with van der Waals surface area (Å²) in [6, 6.07) is 10.8. The van der Waals surface area contributed by atoms with E-state index in [9.17, 15) is 4.79 Å². The van der Waals surface area contributed by atoms with Crippen molar-refractivity contribution in [2.45, 2.75) is 12.8 Å². The minimum Gasteiger partial charge on any atom is -0.490 e. The zero-order valence-corrected chi connectivity index (χ0v) is 15.3. The second-order valence-corrected chi connectivity index (χ2v) is 6.72. The van der Waals surface area contributed by atoms with Crippen LogP contribution in [0.25, 0.3) is 0 Å². The van der Waals surface area contributed by atoms with Gasteiger partial charge in [-0.3, -0.25) is 4.79 Å². The lowest BCUT2D eigenvalue weighted by Gasteiger charge is -2.15. The summed E-state index contributed by atoms with van der Waals surface area (Å²) < 4.78 is 5.90. The van der Waals surface area contributed by atoms with E-state index in [4.69, 9.17) is 27.9 Å². The third-order valence-electron chi connectivity index (χ3n) is 4.15. The second kappa shape index (κ2) is 8.56. The van der Waals surface area contributed by atoms with Crippen molar-refractivity contribution in [3.8, 4) is 5.75 Å². The molecule has 1 heterocycles. The maximum Gasteiger partial charge on any atom is 0.251 e. The molecular weight excluding hydrogens is 359 g/mol. The number of benzene rings is 2. The average molecular weight is 379 g/mol. The SMILES string of the molecule is O=C(NCCOc1c(Cl)ccc2c1CCNCC2)c1cccc(Cl)c1. The summed E-state index contributed by atoms with van der Waals surface area (Å²) in [7, 11) is 0. The van der Waals surface area contributed by atoms with Crippen LogP contribution >= 0.6 is 23.2 Å². The number of carbonyl (C=O) groups excluding carboxylic acids is 1. The zero-order valence-electron chi connectivity index (χ0n) is 13.8. The summed E-state index contributed by atoms with van der Waals surface area (Å²) in [5.74, 6) is 0.563. The van der Waals surface area contributed by atoms with E-state index in [-0.39, 0.29) is 5.91 Å². The van der Waals surface area contributed by atoms with Crippen molar-refractivity contribution in [3.05, 3.63) is 63.1 Å². The van der Waals surface area contributed by atoms with Crippen LogP contribution in [-0.2, 0) is 12.8 Å². The Morgan fingerprint density at radius 1 is 1.16 bits per heavy atom. The number of ether oxygens (including phenoxy) is 1. The van der Waals surface area contributed by atoms with Gasteiger partial charge in [-0.1, -0.05) is 35.3 Å². The first-order chi connectivity index (χ1) is 12.1. The van der Waals surface area contributed by atoms with E-state index in [1.165, 1.54) is 11.1 Å². The van der Waals surface area contributed by atoms with Crippen LogP contribution in [0, 0.1) is 0 Å². The molecule has 0 unspecified atom stereocenters. The van der Waals surface area contributed by atoms with Gasteiger partial charge >= 0.3 is 0 Å². The zero-order chi connectivity index (χ0) is 17.6. The first-order valence-electron chi connectivity index (χ1n) is 8.32. The summed E-state index contributed by atoms with van der Waals surface area (Å²) in [5.41, 5.74) is 2.97. The standard InChI is InChI=1S/C19H20Cl2N2O2/c20-15-3-1-2-14(12-15)19(24)23-10-11-25-18-16-7-9-22-8-6-13(16)4-5-17(18)21/h1-5,12,22H,6-11H2,(H,23,24). The monoisotopic (exact) mass is 378 g/mol. The Bertz CT molecular complexity index is 765. The molecule has 6 heteroatoms. The molecule has 0 fully saturated rings. The van der Waals surface area contributed by atoms with Gasteiger partial charge in [0.2, 0.25) is 0 Å². The Kier molecular flexibility index (Phi) is 6.19. The predicted octanol–water partition coefficient (Wildman–Crippen LogP) is 3.49. The van der Waals surface area contributed by atoms with Crippen molar-refractivity contribution in [2.75, 3.05) is 26.2 Å². The third-order valence-corrected chi connectivity index (χ3v) is 4.69. The number of hydrogen-bond donors (Lipinski definition) is 2. The van der Waals surface area contributed by atoms with E-state index in [0.29, 0.717) is 28.8 Å². The molecule has 25 heavy (non-hydrogen) atoms. The third kappa shape index (κ3) is 4.66. The van der Waals surface area contributed by atoms with Crippen LogP contribution in [-0.4, -0.2) is 32.1 Å². The summed E-state index contributed by atoms with van der Waals surface area (Å²) in [4.78, 5) is 12.1. The van der Waals surface area contributed by atoms with Gasteiger partial charge in [0.25, 0.3) is 5.91 Å². The van der Waals surface area contributed by atoms with E-state index in [1.54, 1.807) is 24.3 Å². The molecule has 0 atom stereocenters. The van der Waals surface area contributed by atoms with E-state index < -0.39 is 0 Å². The van der Waals surface area contributed by atoms with Crippen LogP contribution in [0.2, 0.25) is 10.0 Å². The highest BCUT2D eigenvalue weighted by Crippen LogP contribution is 2.32. The number of halogens is 2. The van der Waals surface area contributed by atoms with Crippen LogP contribution in [0.15, 0.2) is 36.4 Å². The van der Waals surface area contributed by atoms with Crippen molar-refractivity contribution in [3.63, 3.8) is 0 Å². The molecule has 3 rings (SSSR count). The maximum atomic E-state index is 12.1. The topological polar surface area (TPSA) is 50.4 Å². The minimum absolute atomic E-state index is 0.173. The molecule has 0 bridgehead atoms. The minimum atomic E-state index is -0.173. The molecular formula is C19H20Cl2N2O2. The van der Waals surface area contributed by atoms with Gasteiger partial charge in [0.05, 0.1) is 11.6 Å². The van der Waals surface area contributed by atoms with E-state index in [2.05, 4.69) is 16.7 Å². The lowest BCUT2D eigenvalue weighted by molar-refractivity contribution is 0.0947. The smallest absolute Gasteiger partial charge is 0.251 e. The summed E-state index contributed by atoms with van der Waals surface area (Å²) in [5, 5.41) is 7.36. The largest absolute Gasteiger partial charge is 0.490 e. The molecule has 2 aromatic rings. The molecule has 0 saturated heterocycles. The first kappa shape index (κ1) is 18.1. The Morgan fingerprint density at radius 2 is 2.00 bits per heavy atom. The van der Waals surface area contributed by atoms with Gasteiger partial charge in [-0.15, -0.1) is 0 Å². The Morgan fingerprint density at radius 3 is 2.84 bits per heavy atom. The molecule has 2 aromatic carbocycles. The van der Waals surface area contributed by atoms with Crippen LogP contribution in [0.4, 0.5) is 0 Å². The molecule has 0 spiro atoms. The molecule has 0 radical (unpaired) electrons. The van der Waals surface area contributed by atoms with Crippen LogP contribution in [0.1, 0.15) is 21.5 Å². The highest BCUT2D eigenvalue weighted by molar-refractivity contribution is 6.32. The number of hydrogen-bond acceptors (Lipinski definition) is 3. The van der Waals surface area contributed by atoms with Gasteiger partial charge in [0.15, 0.2) is 0 Å². The van der Waals surface area contributed by atoms with Crippen molar-refractivity contribution in [2.24, 2.45) is 0 Å². The van der Waals surface area contributed by atoms with Crippen LogP contribution < -0.4 is 15.4 Å². The number of carbonyl (C=O) groups is 1. The van der Waals surface area contributed by atoms with Gasteiger partial charge in [-0.2, -0.15) is 0 Å². The molecule has 4 nitrogen and oxygen atoms in total. The lowest BCUT2D eigenvalue weighted by atomic mass is 10.0. The molecule has 0 saturated carbocycles. The predicted molar refractivity (Wildman–Crippen MR) is 101 cm³/mol. The van der Waals surface area contributed by atoms with Crippen LogP contribution in [0.3, 0.4) is 0 Å². The number of amides is 1. The quantitative estimate of drug-likeness (QED) is 0.782. The van der Waals surface area contributed by atoms with Crippen molar-refractivity contribution < 1.29 is 9.53 Å². The van der Waals surface area contributed by atoms with Crippen molar-refractivity contribution >= 4 is 29.1 Å². The molecule has 2 N–H and O–H groups in total. The van der Waals surface area contributed by atoms with E-state index in [1.807, 2.05) is 6.07 Å². The molecule has 0 aromatic heterocycles. The van der Waals surface area contributed by atoms with Gasteiger partial charge in [-0.05, 0) is 55.8 Å². The maximum absolute atomic E-state index is 12.1. The molecule has 1 aliphatic heterocycles. The first-order valence-corrected chi connectivity index (χ1v) is 9.08. The fraction of sp³-hybridized carbons (Fsp3) is 0.316. The fourth-order valence-electron chi connectivity index (χ4n) is 2.92. The van der Waals surface area contributed by atoms with E-state index in [0.717, 1.165) is 31.7 Å². The van der Waals surface area contributed by atoms with Crippen LogP contribution in [0.5, 0.6) is 5.75 Å². The van der Waals surface area contributed by atoms with Gasteiger partial charge in [0.1, 0.15) is 12.4 Å². The van der Waals surface area contributed by atoms with Gasteiger partial charge in [-0.25, -0.2) is 0 Å². The normalized spacial score (nSPS) is 13.7. The highest BCUT2D eigenvalue weighted by Gasteiger charge is 2.16. The number of rotatable bonds is 5. The van der Waals surface area contributed by atoms with Gasteiger partial charge < -0.3 is 15.4 Å². The lowest BCUT2D eigenvalue weighted by Crippen LogP contribution is -2.28. The number of fused-ring (bicyclic) bond motifs is 1. The Labute approximate surface area is 157 Å². The average Bonchev–Trinajstić information content (AvgIpc) is 2.85. The van der Waals surface area contributed by atoms with Gasteiger partial charge in [0, 0.05) is 16.1 Å². The Balaban J connectivity index is 1.58. The van der Waals surface area contributed by atoms with E-state index >= 15 is 0 Å². The second-order valence-electron chi connectivity index (χ2n) is 5.88. The van der Waals surface area contributed by atoms with Crippen molar-refractivity contribution in [1.29, 1.82) is 0 Å². The molecule has 132 valence electrons. The molecule has 1 amide bonds. The summed E-state index contributed by atoms with van der Waals surface area (Å²) in [6.07, 6.45) is 1.86. The summed E-state index contributed by atoms with van der Waals surface area (Å²) >= 11 is 12.2. The fourth-order valence-corrected chi connectivity index (χ4v) is 3.34. The molecule has 1 aliphatic rings.